The summed E-state index contributed by atoms with van der Waals surface area (Å²) in [6.07, 6.45) is 0.918. The smallest absolute Gasteiger partial charge is 0.222 e. The van der Waals surface area contributed by atoms with Crippen molar-refractivity contribution in [3.63, 3.8) is 0 Å². The predicted molar refractivity (Wildman–Crippen MR) is 81.4 cm³/mol. The Balaban J connectivity index is 2.60. The van der Waals surface area contributed by atoms with Crippen LogP contribution in [-0.2, 0) is 0 Å². The normalized spacial score (nSPS) is 11.7. The Bertz CT molecular complexity index is 693. The molecule has 1 atom stereocenters. The molecule has 1 aromatic heterocycles. The summed E-state index contributed by atoms with van der Waals surface area (Å²) in [5, 5.41) is 9.28. The largest absolute Gasteiger partial charge is 0.490 e. The Morgan fingerprint density at radius 3 is 2.67 bits per heavy atom. The first kappa shape index (κ1) is 14.6. The van der Waals surface area contributed by atoms with E-state index >= 15 is 0 Å². The summed E-state index contributed by atoms with van der Waals surface area (Å²) in [4.78, 5) is 7.97. The third kappa shape index (κ3) is 3.03. The molecule has 6 heteroatoms. The van der Waals surface area contributed by atoms with Crippen molar-refractivity contribution in [3.05, 3.63) is 29.8 Å². The zero-order valence-electron chi connectivity index (χ0n) is 12.0. The molecule has 108 valence electrons. The van der Waals surface area contributed by atoms with Gasteiger partial charge >= 0.3 is 0 Å². The van der Waals surface area contributed by atoms with Crippen molar-refractivity contribution < 1.29 is 4.74 Å². The molecule has 0 aliphatic carbocycles. The molecular formula is C15H17N5O. The highest BCUT2D eigenvalue weighted by atomic mass is 16.5. The number of hydrogen-bond acceptors (Lipinski definition) is 6. The first-order valence-corrected chi connectivity index (χ1v) is 6.66. The SMILES string of the molecule is CCC(C)Oc1ccccc1-c1nc(N)nc(N)c1C#N. The van der Waals surface area contributed by atoms with Crippen molar-refractivity contribution in [1.82, 2.24) is 9.97 Å². The van der Waals surface area contributed by atoms with Crippen LogP contribution in [0, 0.1) is 11.3 Å². The number of aromatic nitrogens is 2. The van der Waals surface area contributed by atoms with Gasteiger partial charge in [0.05, 0.1) is 11.8 Å². The molecule has 0 spiro atoms. The minimum atomic E-state index is 0.0276. The van der Waals surface area contributed by atoms with Crippen LogP contribution in [0.15, 0.2) is 24.3 Å². The maximum atomic E-state index is 9.28. The number of benzene rings is 1. The molecule has 2 rings (SSSR count). The van der Waals surface area contributed by atoms with Gasteiger partial charge in [-0.1, -0.05) is 19.1 Å². The van der Waals surface area contributed by atoms with Crippen molar-refractivity contribution in [2.45, 2.75) is 26.4 Å². The van der Waals surface area contributed by atoms with Gasteiger partial charge in [0.1, 0.15) is 23.2 Å². The summed E-state index contributed by atoms with van der Waals surface area (Å²) >= 11 is 0. The average Bonchev–Trinajstić information content (AvgIpc) is 2.47. The fourth-order valence-corrected chi connectivity index (χ4v) is 1.87. The van der Waals surface area contributed by atoms with Crippen LogP contribution in [0.4, 0.5) is 11.8 Å². The van der Waals surface area contributed by atoms with Gasteiger partial charge in [0, 0.05) is 5.56 Å². The van der Waals surface area contributed by atoms with E-state index in [1.165, 1.54) is 0 Å². The quantitative estimate of drug-likeness (QED) is 0.891. The fourth-order valence-electron chi connectivity index (χ4n) is 1.87. The molecule has 0 bridgehead atoms. The van der Waals surface area contributed by atoms with Crippen LogP contribution >= 0.6 is 0 Å². The number of hydrogen-bond donors (Lipinski definition) is 2. The molecule has 0 aliphatic rings. The van der Waals surface area contributed by atoms with Crippen molar-refractivity contribution in [3.8, 4) is 23.1 Å². The van der Waals surface area contributed by atoms with Crippen LogP contribution < -0.4 is 16.2 Å². The maximum Gasteiger partial charge on any atom is 0.222 e. The van der Waals surface area contributed by atoms with Crippen molar-refractivity contribution in [2.75, 3.05) is 11.5 Å². The van der Waals surface area contributed by atoms with E-state index in [0.29, 0.717) is 17.0 Å². The van der Waals surface area contributed by atoms with Crippen molar-refractivity contribution in [2.24, 2.45) is 0 Å². The van der Waals surface area contributed by atoms with Gasteiger partial charge < -0.3 is 16.2 Å². The monoisotopic (exact) mass is 283 g/mol. The van der Waals surface area contributed by atoms with E-state index < -0.39 is 0 Å². The summed E-state index contributed by atoms with van der Waals surface area (Å²) in [6, 6.07) is 9.38. The van der Waals surface area contributed by atoms with E-state index in [-0.39, 0.29) is 23.4 Å². The molecule has 21 heavy (non-hydrogen) atoms. The molecule has 0 aliphatic heterocycles. The lowest BCUT2D eigenvalue weighted by Crippen LogP contribution is -2.11. The Morgan fingerprint density at radius 2 is 2.00 bits per heavy atom. The van der Waals surface area contributed by atoms with Gasteiger partial charge in [0.15, 0.2) is 0 Å². The molecule has 0 saturated heterocycles. The summed E-state index contributed by atoms with van der Waals surface area (Å²) in [6.45, 7) is 4.01. The van der Waals surface area contributed by atoms with E-state index in [9.17, 15) is 5.26 Å². The lowest BCUT2D eigenvalue weighted by Gasteiger charge is -2.16. The highest BCUT2D eigenvalue weighted by Gasteiger charge is 2.17. The molecule has 0 fully saturated rings. The van der Waals surface area contributed by atoms with Crippen molar-refractivity contribution in [1.29, 1.82) is 5.26 Å². The Hall–Kier alpha value is -2.81. The molecule has 1 aromatic carbocycles. The summed E-state index contributed by atoms with van der Waals surface area (Å²) in [7, 11) is 0. The highest BCUT2D eigenvalue weighted by Crippen LogP contribution is 2.33. The van der Waals surface area contributed by atoms with Crippen LogP contribution in [0.5, 0.6) is 5.75 Å². The molecule has 0 radical (unpaired) electrons. The lowest BCUT2D eigenvalue weighted by atomic mass is 10.1. The topological polar surface area (TPSA) is 111 Å². The second kappa shape index (κ2) is 6.09. The molecule has 1 unspecified atom stereocenters. The second-order valence-electron chi connectivity index (χ2n) is 4.64. The number of nitrogens with zero attached hydrogens (tertiary/aromatic N) is 3. The molecule has 1 heterocycles. The third-order valence-electron chi connectivity index (χ3n) is 3.11. The number of nitriles is 1. The first-order chi connectivity index (χ1) is 10.1. The molecule has 0 saturated carbocycles. The van der Waals surface area contributed by atoms with E-state index in [4.69, 9.17) is 16.2 Å². The van der Waals surface area contributed by atoms with Crippen LogP contribution in [0.2, 0.25) is 0 Å². The summed E-state index contributed by atoms with van der Waals surface area (Å²) in [5.74, 6) is 0.735. The van der Waals surface area contributed by atoms with Gasteiger partial charge in [0.25, 0.3) is 0 Å². The van der Waals surface area contributed by atoms with Gasteiger partial charge in [-0.2, -0.15) is 10.2 Å². The zero-order valence-corrected chi connectivity index (χ0v) is 12.0. The Labute approximate surface area is 123 Å². The van der Waals surface area contributed by atoms with Crippen LogP contribution in [-0.4, -0.2) is 16.1 Å². The molecular weight excluding hydrogens is 266 g/mol. The number of anilines is 2. The zero-order chi connectivity index (χ0) is 15.4. The van der Waals surface area contributed by atoms with Gasteiger partial charge in [-0.25, -0.2) is 4.98 Å². The van der Waals surface area contributed by atoms with Crippen LogP contribution in [0.1, 0.15) is 25.8 Å². The predicted octanol–water partition coefficient (Wildman–Crippen LogP) is 2.36. The van der Waals surface area contributed by atoms with E-state index in [2.05, 4.69) is 9.97 Å². The average molecular weight is 283 g/mol. The first-order valence-electron chi connectivity index (χ1n) is 6.66. The van der Waals surface area contributed by atoms with Crippen LogP contribution in [0.25, 0.3) is 11.3 Å². The van der Waals surface area contributed by atoms with Gasteiger partial charge in [-0.3, -0.25) is 0 Å². The summed E-state index contributed by atoms with van der Waals surface area (Å²) < 4.78 is 5.88. The van der Waals surface area contributed by atoms with Gasteiger partial charge in [-0.15, -0.1) is 0 Å². The van der Waals surface area contributed by atoms with Gasteiger partial charge in [0.2, 0.25) is 5.95 Å². The minimum absolute atomic E-state index is 0.0276. The number of nitrogen functional groups attached to an aromatic ring is 2. The van der Waals surface area contributed by atoms with E-state index in [1.807, 2.05) is 44.2 Å². The maximum absolute atomic E-state index is 9.28. The molecule has 6 nitrogen and oxygen atoms in total. The van der Waals surface area contributed by atoms with Gasteiger partial charge in [-0.05, 0) is 25.5 Å². The number of nitrogens with two attached hydrogens (primary N) is 2. The second-order valence-corrected chi connectivity index (χ2v) is 4.64. The number of para-hydroxylation sites is 1. The third-order valence-corrected chi connectivity index (χ3v) is 3.11. The number of ether oxygens (including phenoxy) is 1. The van der Waals surface area contributed by atoms with E-state index in [1.54, 1.807) is 0 Å². The van der Waals surface area contributed by atoms with E-state index in [0.717, 1.165) is 6.42 Å². The minimum Gasteiger partial charge on any atom is -0.490 e. The Kier molecular flexibility index (Phi) is 4.24. The molecule has 2 aromatic rings. The molecule has 4 N–H and O–H groups in total. The Morgan fingerprint density at radius 1 is 1.29 bits per heavy atom. The fraction of sp³-hybridized carbons (Fsp3) is 0.267. The number of rotatable bonds is 4. The van der Waals surface area contributed by atoms with Crippen LogP contribution in [0.3, 0.4) is 0 Å². The summed E-state index contributed by atoms with van der Waals surface area (Å²) in [5.41, 5.74) is 12.7. The van der Waals surface area contributed by atoms with Crippen molar-refractivity contribution >= 4 is 11.8 Å². The highest BCUT2D eigenvalue weighted by molar-refractivity contribution is 5.77. The standard InChI is InChI=1S/C15H17N5O/c1-3-9(2)21-12-7-5-4-6-10(12)13-11(8-16)14(17)20-15(18)19-13/h4-7,9H,3H2,1-2H3,(H4,17,18,19,20). The lowest BCUT2D eigenvalue weighted by molar-refractivity contribution is 0.218. The molecule has 0 amide bonds.